The summed E-state index contributed by atoms with van der Waals surface area (Å²) in [6.45, 7) is 1.07. The summed E-state index contributed by atoms with van der Waals surface area (Å²) in [5, 5.41) is 4.10. The normalized spacial score (nSPS) is 15.7. The highest BCUT2D eigenvalue weighted by Gasteiger charge is 2.30. The fraction of sp³-hybridized carbons (Fsp3) is 0.174. The lowest BCUT2D eigenvalue weighted by molar-refractivity contribution is 0.0766. The van der Waals surface area contributed by atoms with Crippen molar-refractivity contribution in [1.82, 2.24) is 25.0 Å². The average Bonchev–Trinajstić information content (AvgIpc) is 3.50. The molecule has 0 aliphatic carbocycles. The molecule has 1 aliphatic rings. The highest BCUT2D eigenvalue weighted by Crippen LogP contribution is 2.32. The van der Waals surface area contributed by atoms with Gasteiger partial charge >= 0.3 is 0 Å². The summed E-state index contributed by atoms with van der Waals surface area (Å²) in [5.41, 5.74) is 1.93. The van der Waals surface area contributed by atoms with Crippen molar-refractivity contribution < 1.29 is 14.1 Å². The Kier molecular flexibility index (Phi) is 5.10. The van der Waals surface area contributed by atoms with E-state index in [1.54, 1.807) is 11.1 Å². The van der Waals surface area contributed by atoms with Gasteiger partial charge in [-0.05, 0) is 12.1 Å². The summed E-state index contributed by atoms with van der Waals surface area (Å²) < 4.78 is 11.7. The van der Waals surface area contributed by atoms with Crippen LogP contribution >= 0.6 is 0 Å². The smallest absolute Gasteiger partial charge is 0.274 e. The molecule has 1 unspecified atom stereocenters. The molecule has 0 N–H and O–H groups in total. The SMILES string of the molecule is O=C(c1cnccn1)N1CCC(Oc2ccccc2-c2nc(-c3ccccc3)no2)C1. The molecule has 2 aromatic carbocycles. The van der Waals surface area contributed by atoms with Crippen molar-refractivity contribution in [3.05, 3.63) is 78.9 Å². The molecule has 4 aromatic rings. The highest BCUT2D eigenvalue weighted by atomic mass is 16.5. The van der Waals surface area contributed by atoms with Crippen LogP contribution in [0, 0.1) is 0 Å². The number of hydrogen-bond acceptors (Lipinski definition) is 7. The van der Waals surface area contributed by atoms with E-state index >= 15 is 0 Å². The first-order valence-corrected chi connectivity index (χ1v) is 9.98. The first kappa shape index (κ1) is 18.9. The van der Waals surface area contributed by atoms with Gasteiger partial charge in [-0.3, -0.25) is 9.78 Å². The van der Waals surface area contributed by atoms with Gasteiger partial charge in [0.1, 0.15) is 17.5 Å². The number of carbonyl (C=O) groups excluding carboxylic acids is 1. The molecule has 31 heavy (non-hydrogen) atoms. The molecule has 0 radical (unpaired) electrons. The molecule has 154 valence electrons. The van der Waals surface area contributed by atoms with Crippen LogP contribution in [0.15, 0.2) is 77.7 Å². The van der Waals surface area contributed by atoms with Crippen LogP contribution in [-0.4, -0.2) is 50.1 Å². The number of amides is 1. The Hall–Kier alpha value is -4.07. The molecule has 8 nitrogen and oxygen atoms in total. The standard InChI is InChI=1S/C23H19N5O3/c29-23(19-14-24-11-12-25-19)28-13-10-17(15-28)30-20-9-5-4-8-18(20)22-26-21(27-31-22)16-6-2-1-3-7-16/h1-9,11-12,14,17H,10,13,15H2. The van der Waals surface area contributed by atoms with Crippen LogP contribution in [0.2, 0.25) is 0 Å². The number of ether oxygens (including phenoxy) is 1. The second-order valence-electron chi connectivity index (χ2n) is 7.16. The molecular weight excluding hydrogens is 394 g/mol. The van der Waals surface area contributed by atoms with Gasteiger partial charge in [-0.25, -0.2) is 4.98 Å². The van der Waals surface area contributed by atoms with Crippen molar-refractivity contribution >= 4 is 5.91 Å². The predicted octanol–water partition coefficient (Wildman–Crippen LogP) is 3.49. The quantitative estimate of drug-likeness (QED) is 0.494. The monoisotopic (exact) mass is 413 g/mol. The van der Waals surface area contributed by atoms with Gasteiger partial charge in [-0.15, -0.1) is 0 Å². The van der Waals surface area contributed by atoms with E-state index in [2.05, 4.69) is 20.1 Å². The van der Waals surface area contributed by atoms with Crippen LogP contribution in [-0.2, 0) is 0 Å². The number of hydrogen-bond donors (Lipinski definition) is 0. The van der Waals surface area contributed by atoms with Crippen LogP contribution in [0.25, 0.3) is 22.8 Å². The number of para-hydroxylation sites is 1. The number of aromatic nitrogens is 4. The molecule has 1 aliphatic heterocycles. The third-order valence-corrected chi connectivity index (χ3v) is 5.08. The lowest BCUT2D eigenvalue weighted by Gasteiger charge is -2.17. The van der Waals surface area contributed by atoms with E-state index in [4.69, 9.17) is 9.26 Å². The van der Waals surface area contributed by atoms with Gasteiger partial charge in [-0.2, -0.15) is 4.98 Å². The maximum absolute atomic E-state index is 12.6. The van der Waals surface area contributed by atoms with E-state index in [-0.39, 0.29) is 12.0 Å². The topological polar surface area (TPSA) is 94.2 Å². The van der Waals surface area contributed by atoms with Gasteiger partial charge in [-0.1, -0.05) is 47.6 Å². The fourth-order valence-electron chi connectivity index (χ4n) is 3.54. The molecule has 1 saturated heterocycles. The fourth-order valence-corrected chi connectivity index (χ4v) is 3.54. The Morgan fingerprint density at radius 1 is 1.06 bits per heavy atom. The van der Waals surface area contributed by atoms with Gasteiger partial charge < -0.3 is 14.2 Å². The average molecular weight is 413 g/mol. The Labute approximate surface area is 178 Å². The molecule has 0 saturated carbocycles. The van der Waals surface area contributed by atoms with E-state index in [9.17, 15) is 4.79 Å². The molecule has 3 heterocycles. The minimum Gasteiger partial charge on any atom is -0.488 e. The largest absolute Gasteiger partial charge is 0.488 e. The van der Waals surface area contributed by atoms with Crippen molar-refractivity contribution in [3.8, 4) is 28.6 Å². The van der Waals surface area contributed by atoms with Gasteiger partial charge in [0.15, 0.2) is 0 Å². The molecule has 8 heteroatoms. The summed E-state index contributed by atoms with van der Waals surface area (Å²) in [6.07, 6.45) is 5.12. The number of rotatable bonds is 5. The molecule has 1 fully saturated rings. The molecule has 5 rings (SSSR count). The third kappa shape index (κ3) is 4.00. The molecule has 0 spiro atoms. The Bertz CT molecular complexity index is 1180. The van der Waals surface area contributed by atoms with Gasteiger partial charge in [0.05, 0.1) is 18.3 Å². The van der Waals surface area contributed by atoms with Crippen molar-refractivity contribution in [3.63, 3.8) is 0 Å². The summed E-state index contributed by atoms with van der Waals surface area (Å²) in [6, 6.07) is 17.2. The molecule has 1 atom stereocenters. The number of carbonyl (C=O) groups is 1. The molecular formula is C23H19N5O3. The van der Waals surface area contributed by atoms with Crippen LogP contribution in [0.5, 0.6) is 5.75 Å². The maximum atomic E-state index is 12.6. The zero-order valence-electron chi connectivity index (χ0n) is 16.6. The van der Waals surface area contributed by atoms with Gasteiger partial charge in [0.25, 0.3) is 11.8 Å². The Balaban J connectivity index is 1.32. The van der Waals surface area contributed by atoms with E-state index in [0.29, 0.717) is 36.2 Å². The van der Waals surface area contributed by atoms with Gasteiger partial charge in [0, 0.05) is 30.9 Å². The lowest BCUT2D eigenvalue weighted by atomic mass is 10.2. The third-order valence-electron chi connectivity index (χ3n) is 5.08. The summed E-state index contributed by atoms with van der Waals surface area (Å²) in [4.78, 5) is 26.9. The van der Waals surface area contributed by atoms with Crippen LogP contribution in [0.4, 0.5) is 0 Å². The number of benzene rings is 2. The van der Waals surface area contributed by atoms with E-state index in [1.165, 1.54) is 12.4 Å². The first-order chi connectivity index (χ1) is 15.3. The van der Waals surface area contributed by atoms with Crippen molar-refractivity contribution in [2.75, 3.05) is 13.1 Å². The van der Waals surface area contributed by atoms with Gasteiger partial charge in [0.2, 0.25) is 5.82 Å². The van der Waals surface area contributed by atoms with Crippen molar-refractivity contribution in [1.29, 1.82) is 0 Å². The molecule has 0 bridgehead atoms. The molecule has 2 aromatic heterocycles. The second kappa shape index (κ2) is 8.35. The van der Waals surface area contributed by atoms with Crippen LogP contribution < -0.4 is 4.74 Å². The van der Waals surface area contributed by atoms with E-state index < -0.39 is 0 Å². The highest BCUT2D eigenvalue weighted by molar-refractivity contribution is 5.92. The van der Waals surface area contributed by atoms with Crippen molar-refractivity contribution in [2.24, 2.45) is 0 Å². The number of likely N-dealkylation sites (tertiary alicyclic amines) is 1. The zero-order chi connectivity index (χ0) is 21.0. The summed E-state index contributed by atoms with van der Waals surface area (Å²) in [5.74, 6) is 1.41. The zero-order valence-corrected chi connectivity index (χ0v) is 16.6. The lowest BCUT2D eigenvalue weighted by Crippen LogP contribution is -2.31. The van der Waals surface area contributed by atoms with Crippen molar-refractivity contribution in [2.45, 2.75) is 12.5 Å². The number of nitrogens with zero attached hydrogens (tertiary/aromatic N) is 5. The van der Waals surface area contributed by atoms with Crippen LogP contribution in [0.3, 0.4) is 0 Å². The van der Waals surface area contributed by atoms with E-state index in [1.807, 2.05) is 54.6 Å². The second-order valence-corrected chi connectivity index (χ2v) is 7.16. The minimum absolute atomic E-state index is 0.140. The summed E-state index contributed by atoms with van der Waals surface area (Å²) in [7, 11) is 0. The Morgan fingerprint density at radius 2 is 1.90 bits per heavy atom. The predicted molar refractivity (Wildman–Crippen MR) is 112 cm³/mol. The minimum atomic E-state index is -0.142. The maximum Gasteiger partial charge on any atom is 0.274 e. The summed E-state index contributed by atoms with van der Waals surface area (Å²) >= 11 is 0. The first-order valence-electron chi connectivity index (χ1n) is 9.98. The van der Waals surface area contributed by atoms with E-state index in [0.717, 1.165) is 17.5 Å². The van der Waals surface area contributed by atoms with Crippen LogP contribution in [0.1, 0.15) is 16.9 Å². The molecule has 1 amide bonds. The Morgan fingerprint density at radius 3 is 2.74 bits per heavy atom.